The van der Waals surface area contributed by atoms with Gasteiger partial charge in [0.05, 0.1) is 12.8 Å². The van der Waals surface area contributed by atoms with Crippen molar-refractivity contribution in [2.24, 2.45) is 5.41 Å². The van der Waals surface area contributed by atoms with Crippen LogP contribution in [0.1, 0.15) is 12.8 Å². The molecule has 100 valence electrons. The molecule has 1 saturated carbocycles. The Balaban J connectivity index is 2.13. The molecule has 0 unspecified atom stereocenters. The van der Waals surface area contributed by atoms with E-state index < -0.39 is 0 Å². The van der Waals surface area contributed by atoms with E-state index in [1.54, 1.807) is 7.11 Å². The van der Waals surface area contributed by atoms with E-state index in [2.05, 4.69) is 17.3 Å². The van der Waals surface area contributed by atoms with Crippen molar-refractivity contribution in [1.82, 2.24) is 5.32 Å². The maximum atomic E-state index is 6.07. The first-order valence-electron chi connectivity index (χ1n) is 6.29. The molecule has 0 amide bonds. The Morgan fingerprint density at radius 3 is 2.72 bits per heavy atom. The molecule has 2 rings (SSSR count). The molecule has 1 aromatic carbocycles. The zero-order valence-corrected chi connectivity index (χ0v) is 12.0. The molecule has 0 aliphatic heterocycles. The first-order chi connectivity index (χ1) is 8.60. The molecule has 0 heterocycles. The van der Waals surface area contributed by atoms with Crippen LogP contribution in [0.15, 0.2) is 18.2 Å². The summed E-state index contributed by atoms with van der Waals surface area (Å²) >= 11 is 6.07. The van der Waals surface area contributed by atoms with Gasteiger partial charge in [-0.2, -0.15) is 0 Å². The van der Waals surface area contributed by atoms with Crippen molar-refractivity contribution in [3.63, 3.8) is 0 Å². The monoisotopic (exact) mass is 268 g/mol. The fraction of sp³-hybridized carbons (Fsp3) is 0.571. The van der Waals surface area contributed by atoms with E-state index in [1.807, 2.05) is 25.2 Å². The topological polar surface area (TPSA) is 24.5 Å². The molecule has 3 nitrogen and oxygen atoms in total. The third kappa shape index (κ3) is 2.90. The smallest absolute Gasteiger partial charge is 0.142 e. The summed E-state index contributed by atoms with van der Waals surface area (Å²) < 4.78 is 5.40. The van der Waals surface area contributed by atoms with Crippen LogP contribution in [0.3, 0.4) is 0 Å². The fourth-order valence-electron chi connectivity index (χ4n) is 2.49. The lowest BCUT2D eigenvalue weighted by molar-refractivity contribution is 0.412. The van der Waals surface area contributed by atoms with Crippen LogP contribution in [0.5, 0.6) is 5.75 Å². The van der Waals surface area contributed by atoms with Crippen molar-refractivity contribution in [3.8, 4) is 5.75 Å². The van der Waals surface area contributed by atoms with Crippen molar-refractivity contribution < 1.29 is 4.74 Å². The van der Waals surface area contributed by atoms with Gasteiger partial charge in [-0.3, -0.25) is 0 Å². The Kier molecular flexibility index (Phi) is 4.03. The summed E-state index contributed by atoms with van der Waals surface area (Å²) in [5, 5.41) is 4.03. The molecule has 0 aromatic heterocycles. The fourth-order valence-corrected chi connectivity index (χ4v) is 2.66. The molecular formula is C14H21ClN2O. The van der Waals surface area contributed by atoms with E-state index in [0.717, 1.165) is 29.5 Å². The minimum Gasteiger partial charge on any atom is -0.495 e. The van der Waals surface area contributed by atoms with Gasteiger partial charge in [0.25, 0.3) is 0 Å². The minimum atomic E-state index is 0.427. The van der Waals surface area contributed by atoms with Gasteiger partial charge in [-0.1, -0.05) is 11.6 Å². The van der Waals surface area contributed by atoms with Crippen molar-refractivity contribution in [2.45, 2.75) is 12.8 Å². The van der Waals surface area contributed by atoms with Crippen molar-refractivity contribution in [2.75, 3.05) is 39.2 Å². The highest BCUT2D eigenvalue weighted by Gasteiger charge is 2.42. The molecule has 1 aromatic rings. The maximum Gasteiger partial charge on any atom is 0.142 e. The van der Waals surface area contributed by atoms with Gasteiger partial charge in [0.1, 0.15) is 5.75 Å². The summed E-state index contributed by atoms with van der Waals surface area (Å²) in [5.74, 6) is 0.877. The second-order valence-corrected chi connectivity index (χ2v) is 5.64. The molecule has 4 heteroatoms. The number of methoxy groups -OCH3 is 1. The lowest BCUT2D eigenvalue weighted by Gasteiger charge is -2.27. The Labute approximate surface area is 114 Å². The first kappa shape index (κ1) is 13.5. The average molecular weight is 269 g/mol. The number of ether oxygens (including phenoxy) is 1. The minimum absolute atomic E-state index is 0.427. The molecule has 1 fully saturated rings. The van der Waals surface area contributed by atoms with Gasteiger partial charge in [-0.25, -0.2) is 0 Å². The summed E-state index contributed by atoms with van der Waals surface area (Å²) in [7, 11) is 5.81. The number of benzene rings is 1. The highest BCUT2D eigenvalue weighted by Crippen LogP contribution is 2.46. The van der Waals surface area contributed by atoms with Crippen molar-refractivity contribution in [1.29, 1.82) is 0 Å². The van der Waals surface area contributed by atoms with Gasteiger partial charge in [0, 0.05) is 30.6 Å². The molecular weight excluding hydrogens is 248 g/mol. The van der Waals surface area contributed by atoms with E-state index in [-0.39, 0.29) is 0 Å². The Morgan fingerprint density at radius 2 is 2.17 bits per heavy atom. The number of anilines is 1. The van der Waals surface area contributed by atoms with Crippen molar-refractivity contribution >= 4 is 17.3 Å². The standard InChI is InChI=1S/C14H21ClN2O/c1-16-9-14(6-7-14)10-17(2)12-8-11(15)4-5-13(12)18-3/h4-5,8,16H,6-7,9-10H2,1-3H3. The van der Waals surface area contributed by atoms with Crippen LogP contribution < -0.4 is 15.0 Å². The van der Waals surface area contributed by atoms with Gasteiger partial charge in [0.2, 0.25) is 0 Å². The first-order valence-corrected chi connectivity index (χ1v) is 6.67. The summed E-state index contributed by atoms with van der Waals surface area (Å²) in [4.78, 5) is 2.25. The number of halogens is 1. The summed E-state index contributed by atoms with van der Waals surface area (Å²) in [6.07, 6.45) is 2.59. The number of nitrogens with one attached hydrogen (secondary N) is 1. The van der Waals surface area contributed by atoms with Crippen LogP contribution in [0.25, 0.3) is 0 Å². The van der Waals surface area contributed by atoms with Gasteiger partial charge < -0.3 is 15.0 Å². The van der Waals surface area contributed by atoms with Crippen LogP contribution >= 0.6 is 11.6 Å². The number of rotatable bonds is 6. The molecule has 0 spiro atoms. The lowest BCUT2D eigenvalue weighted by atomic mass is 10.1. The molecule has 1 aliphatic carbocycles. The molecule has 0 atom stereocenters. The van der Waals surface area contributed by atoms with E-state index in [1.165, 1.54) is 12.8 Å². The van der Waals surface area contributed by atoms with E-state index in [4.69, 9.17) is 16.3 Å². The SMILES string of the molecule is CNCC1(CN(C)c2cc(Cl)ccc2OC)CC1. The third-order valence-electron chi connectivity index (χ3n) is 3.63. The van der Waals surface area contributed by atoms with Crippen molar-refractivity contribution in [3.05, 3.63) is 23.2 Å². The molecule has 18 heavy (non-hydrogen) atoms. The highest BCUT2D eigenvalue weighted by molar-refractivity contribution is 6.30. The normalized spacial score (nSPS) is 16.4. The average Bonchev–Trinajstić information content (AvgIpc) is 3.09. The van der Waals surface area contributed by atoms with Crippen LogP contribution in [-0.4, -0.2) is 34.3 Å². The number of nitrogens with zero attached hydrogens (tertiary/aromatic N) is 1. The molecule has 1 N–H and O–H groups in total. The van der Waals surface area contributed by atoms with Crippen LogP contribution in [0, 0.1) is 5.41 Å². The van der Waals surface area contributed by atoms with Crippen LogP contribution in [0.4, 0.5) is 5.69 Å². The summed E-state index contributed by atoms with van der Waals surface area (Å²) in [5.41, 5.74) is 1.49. The molecule has 0 saturated heterocycles. The predicted octanol–water partition coefficient (Wildman–Crippen LogP) is 2.78. The summed E-state index contributed by atoms with van der Waals surface area (Å²) in [6.45, 7) is 2.10. The lowest BCUT2D eigenvalue weighted by Crippen LogP contribution is -2.33. The Hall–Kier alpha value is -0.930. The highest BCUT2D eigenvalue weighted by atomic mass is 35.5. The van der Waals surface area contributed by atoms with Gasteiger partial charge >= 0.3 is 0 Å². The van der Waals surface area contributed by atoms with E-state index in [0.29, 0.717) is 5.41 Å². The number of hydrogen-bond acceptors (Lipinski definition) is 3. The van der Waals surface area contributed by atoms with Gasteiger partial charge in [-0.15, -0.1) is 0 Å². The van der Waals surface area contributed by atoms with Crippen LogP contribution in [0.2, 0.25) is 5.02 Å². The second-order valence-electron chi connectivity index (χ2n) is 5.20. The zero-order valence-electron chi connectivity index (χ0n) is 11.3. The quantitative estimate of drug-likeness (QED) is 0.859. The Bertz CT molecular complexity index is 418. The number of hydrogen-bond donors (Lipinski definition) is 1. The molecule has 0 radical (unpaired) electrons. The Morgan fingerprint density at radius 1 is 1.44 bits per heavy atom. The second kappa shape index (κ2) is 5.37. The van der Waals surface area contributed by atoms with Gasteiger partial charge in [-0.05, 0) is 38.1 Å². The molecule has 1 aliphatic rings. The van der Waals surface area contributed by atoms with E-state index in [9.17, 15) is 0 Å². The zero-order chi connectivity index (χ0) is 13.2. The maximum absolute atomic E-state index is 6.07. The largest absolute Gasteiger partial charge is 0.495 e. The third-order valence-corrected chi connectivity index (χ3v) is 3.87. The molecule has 0 bridgehead atoms. The predicted molar refractivity (Wildman–Crippen MR) is 76.9 cm³/mol. The van der Waals surface area contributed by atoms with Crippen LogP contribution in [-0.2, 0) is 0 Å². The summed E-state index contributed by atoms with van der Waals surface area (Å²) in [6, 6.07) is 5.75. The van der Waals surface area contributed by atoms with E-state index >= 15 is 0 Å². The van der Waals surface area contributed by atoms with Gasteiger partial charge in [0.15, 0.2) is 0 Å².